The maximum atomic E-state index is 6.49. The Morgan fingerprint density at radius 2 is 1.34 bits per heavy atom. The van der Waals surface area contributed by atoms with E-state index in [1.54, 1.807) is 0 Å². The van der Waals surface area contributed by atoms with Crippen LogP contribution in [0.4, 0.5) is 0 Å². The SMILES string of the molecule is CC1(C)c2ccccc2-c2ccc3c4ccccc4n(-c4cccc(-c5nc(-c6ccccc6)nc6c5oc5ccccc56)c4)c3c21. The van der Waals surface area contributed by atoms with Crippen molar-refractivity contribution in [3.63, 3.8) is 0 Å². The first-order chi connectivity index (χ1) is 23.1. The maximum absolute atomic E-state index is 6.49. The number of hydrogen-bond acceptors (Lipinski definition) is 3. The molecule has 0 aliphatic heterocycles. The van der Waals surface area contributed by atoms with Gasteiger partial charge in [0.05, 0.1) is 11.0 Å². The van der Waals surface area contributed by atoms with Gasteiger partial charge in [-0.2, -0.15) is 0 Å². The molecule has 3 aromatic heterocycles. The second kappa shape index (κ2) is 9.51. The van der Waals surface area contributed by atoms with E-state index in [1.165, 1.54) is 44.1 Å². The fraction of sp³-hybridized carbons (Fsp3) is 0.0698. The van der Waals surface area contributed by atoms with Crippen molar-refractivity contribution in [2.45, 2.75) is 19.3 Å². The van der Waals surface area contributed by atoms with Crippen molar-refractivity contribution in [2.75, 3.05) is 0 Å². The van der Waals surface area contributed by atoms with E-state index >= 15 is 0 Å². The summed E-state index contributed by atoms with van der Waals surface area (Å²) >= 11 is 0. The molecule has 6 aromatic carbocycles. The molecule has 0 spiro atoms. The lowest BCUT2D eigenvalue weighted by Crippen LogP contribution is -2.16. The molecule has 0 radical (unpaired) electrons. The van der Waals surface area contributed by atoms with E-state index in [2.05, 4.69) is 122 Å². The van der Waals surface area contributed by atoms with Gasteiger partial charge in [0, 0.05) is 38.4 Å². The Kier molecular flexibility index (Phi) is 5.31. The molecule has 0 fully saturated rings. The molecule has 3 heterocycles. The van der Waals surface area contributed by atoms with Gasteiger partial charge in [-0.1, -0.05) is 123 Å². The minimum atomic E-state index is -0.160. The lowest BCUT2D eigenvalue weighted by atomic mass is 9.81. The largest absolute Gasteiger partial charge is 0.452 e. The van der Waals surface area contributed by atoms with Gasteiger partial charge in [0.2, 0.25) is 0 Å². The molecule has 0 unspecified atom stereocenters. The number of fused-ring (bicyclic) bond motifs is 10. The van der Waals surface area contributed by atoms with Gasteiger partial charge in [-0.25, -0.2) is 9.97 Å². The summed E-state index contributed by atoms with van der Waals surface area (Å²) in [4.78, 5) is 10.2. The molecule has 10 rings (SSSR count). The van der Waals surface area contributed by atoms with Crippen molar-refractivity contribution >= 4 is 43.9 Å². The molecule has 4 nitrogen and oxygen atoms in total. The predicted octanol–water partition coefficient (Wildman–Crippen LogP) is 11.1. The van der Waals surface area contributed by atoms with E-state index in [4.69, 9.17) is 14.4 Å². The molecule has 0 atom stereocenters. The van der Waals surface area contributed by atoms with Gasteiger partial charge >= 0.3 is 0 Å². The second-order valence-electron chi connectivity index (χ2n) is 13.0. The smallest absolute Gasteiger partial charge is 0.180 e. The third-order valence-corrected chi connectivity index (χ3v) is 9.98. The van der Waals surface area contributed by atoms with Crippen molar-refractivity contribution in [1.29, 1.82) is 0 Å². The van der Waals surface area contributed by atoms with E-state index in [1.807, 2.05) is 36.4 Å². The third-order valence-electron chi connectivity index (χ3n) is 9.98. The van der Waals surface area contributed by atoms with Crippen molar-refractivity contribution in [1.82, 2.24) is 14.5 Å². The standard InChI is InChI=1S/C43H29N3O/c1-43(2)34-20-9-6-17-29(34)31-23-24-32-30-18-7-10-21-35(30)46(40(32)37(31)43)28-16-12-15-27(25-28)38-41-39(33-19-8-11-22-36(33)47-41)45-42(44-38)26-13-4-3-5-14-26/h3-25H,1-2H3. The lowest BCUT2D eigenvalue weighted by Gasteiger charge is -2.23. The molecule has 4 heteroatoms. The summed E-state index contributed by atoms with van der Waals surface area (Å²) in [6.07, 6.45) is 0. The Morgan fingerprint density at radius 3 is 2.23 bits per heavy atom. The van der Waals surface area contributed by atoms with E-state index < -0.39 is 0 Å². The summed E-state index contributed by atoms with van der Waals surface area (Å²) in [5.41, 5.74) is 13.8. The average Bonchev–Trinajstić information content (AvgIpc) is 3.74. The Bertz CT molecular complexity index is 2710. The van der Waals surface area contributed by atoms with Gasteiger partial charge in [0.1, 0.15) is 16.8 Å². The molecular formula is C43H29N3O. The van der Waals surface area contributed by atoms with Crippen LogP contribution in [0.1, 0.15) is 25.0 Å². The first kappa shape index (κ1) is 26.2. The molecule has 0 saturated heterocycles. The van der Waals surface area contributed by atoms with E-state index in [0.717, 1.165) is 39.0 Å². The number of para-hydroxylation sites is 2. The van der Waals surface area contributed by atoms with Crippen LogP contribution in [-0.4, -0.2) is 14.5 Å². The van der Waals surface area contributed by atoms with Crippen LogP contribution in [0.2, 0.25) is 0 Å². The highest BCUT2D eigenvalue weighted by Crippen LogP contribution is 2.53. The minimum Gasteiger partial charge on any atom is -0.452 e. The molecule has 0 N–H and O–H groups in total. The van der Waals surface area contributed by atoms with Crippen molar-refractivity contribution in [3.05, 3.63) is 151 Å². The molecule has 47 heavy (non-hydrogen) atoms. The Morgan fingerprint density at radius 1 is 0.596 bits per heavy atom. The Balaban J connectivity index is 1.27. The summed E-state index contributed by atoms with van der Waals surface area (Å²) < 4.78 is 8.95. The van der Waals surface area contributed by atoms with Crippen LogP contribution >= 0.6 is 0 Å². The number of aromatic nitrogens is 3. The minimum absolute atomic E-state index is 0.160. The van der Waals surface area contributed by atoms with Gasteiger partial charge in [-0.3, -0.25) is 0 Å². The maximum Gasteiger partial charge on any atom is 0.180 e. The highest BCUT2D eigenvalue weighted by atomic mass is 16.3. The quantitative estimate of drug-likeness (QED) is 0.202. The van der Waals surface area contributed by atoms with Gasteiger partial charge in [0.15, 0.2) is 11.4 Å². The predicted molar refractivity (Wildman–Crippen MR) is 192 cm³/mol. The van der Waals surface area contributed by atoms with Gasteiger partial charge in [0.25, 0.3) is 0 Å². The van der Waals surface area contributed by atoms with E-state index in [0.29, 0.717) is 11.4 Å². The summed E-state index contributed by atoms with van der Waals surface area (Å²) in [6, 6.07) is 49.2. The van der Waals surface area contributed by atoms with Crippen molar-refractivity contribution in [2.24, 2.45) is 0 Å². The Hall–Kier alpha value is -6.00. The van der Waals surface area contributed by atoms with Crippen LogP contribution < -0.4 is 0 Å². The van der Waals surface area contributed by atoms with Crippen LogP contribution in [0, 0.1) is 0 Å². The van der Waals surface area contributed by atoms with Crippen LogP contribution in [0.5, 0.6) is 0 Å². The number of benzene rings is 6. The van der Waals surface area contributed by atoms with Gasteiger partial charge < -0.3 is 8.98 Å². The van der Waals surface area contributed by atoms with Crippen LogP contribution in [0.15, 0.2) is 144 Å². The van der Waals surface area contributed by atoms with Crippen LogP contribution in [0.3, 0.4) is 0 Å². The summed E-state index contributed by atoms with van der Waals surface area (Å²) in [5, 5.41) is 3.49. The Labute approximate surface area is 271 Å². The summed E-state index contributed by atoms with van der Waals surface area (Å²) in [6.45, 7) is 4.72. The van der Waals surface area contributed by atoms with E-state index in [9.17, 15) is 0 Å². The van der Waals surface area contributed by atoms with Crippen LogP contribution in [0.25, 0.3) is 83.3 Å². The first-order valence-electron chi connectivity index (χ1n) is 16.1. The van der Waals surface area contributed by atoms with Gasteiger partial charge in [-0.15, -0.1) is 0 Å². The number of nitrogens with zero attached hydrogens (tertiary/aromatic N) is 3. The normalized spacial score (nSPS) is 13.5. The van der Waals surface area contributed by atoms with Crippen molar-refractivity contribution in [3.8, 4) is 39.5 Å². The number of furan rings is 1. The summed E-state index contributed by atoms with van der Waals surface area (Å²) in [5.74, 6) is 0.680. The van der Waals surface area contributed by atoms with E-state index in [-0.39, 0.29) is 5.41 Å². The molecule has 0 saturated carbocycles. The fourth-order valence-corrected chi connectivity index (χ4v) is 7.88. The topological polar surface area (TPSA) is 43.9 Å². The number of rotatable bonds is 3. The molecule has 9 aromatic rings. The van der Waals surface area contributed by atoms with Crippen molar-refractivity contribution < 1.29 is 4.42 Å². The highest BCUT2D eigenvalue weighted by Gasteiger charge is 2.38. The molecule has 0 amide bonds. The number of hydrogen-bond donors (Lipinski definition) is 0. The summed E-state index contributed by atoms with van der Waals surface area (Å²) in [7, 11) is 0. The zero-order chi connectivity index (χ0) is 31.3. The molecule has 222 valence electrons. The fourth-order valence-electron chi connectivity index (χ4n) is 7.88. The zero-order valence-corrected chi connectivity index (χ0v) is 26.0. The average molecular weight is 604 g/mol. The molecule has 1 aliphatic rings. The lowest BCUT2D eigenvalue weighted by molar-refractivity contribution is 0.664. The molecular weight excluding hydrogens is 574 g/mol. The zero-order valence-electron chi connectivity index (χ0n) is 26.0. The van der Waals surface area contributed by atoms with Crippen LogP contribution in [-0.2, 0) is 5.41 Å². The second-order valence-corrected chi connectivity index (χ2v) is 13.0. The first-order valence-corrected chi connectivity index (χ1v) is 16.1. The molecule has 0 bridgehead atoms. The molecule has 1 aliphatic carbocycles. The van der Waals surface area contributed by atoms with Gasteiger partial charge in [-0.05, 0) is 52.6 Å². The highest BCUT2D eigenvalue weighted by molar-refractivity contribution is 6.13. The third kappa shape index (κ3) is 3.64. The monoisotopic (exact) mass is 603 g/mol.